The Labute approximate surface area is 204 Å². The molecule has 0 radical (unpaired) electrons. The van der Waals surface area contributed by atoms with Crippen LogP contribution in [0.4, 0.5) is 5.69 Å². The molecular weight excluding hydrogens is 456 g/mol. The summed E-state index contributed by atoms with van der Waals surface area (Å²) in [6, 6.07) is 13.3. The summed E-state index contributed by atoms with van der Waals surface area (Å²) in [6.07, 6.45) is 3.87. The summed E-state index contributed by atoms with van der Waals surface area (Å²) in [5.41, 5.74) is 3.54. The molecule has 1 aliphatic heterocycles. The first-order chi connectivity index (χ1) is 15.5. The van der Waals surface area contributed by atoms with E-state index in [2.05, 4.69) is 15.7 Å². The van der Waals surface area contributed by atoms with Crippen LogP contribution < -0.4 is 10.6 Å². The van der Waals surface area contributed by atoms with Gasteiger partial charge in [-0.1, -0.05) is 53.2 Å². The Kier molecular flexibility index (Phi) is 7.87. The van der Waals surface area contributed by atoms with E-state index in [1.807, 2.05) is 89.4 Å². The number of hydrogen-bond donors (Lipinski definition) is 2. The Hall–Kier alpha value is -2.77. The fourth-order valence-corrected chi connectivity index (χ4v) is 4.24. The number of carbonyl (C=O) groups excluding carboxylic acids is 2. The highest BCUT2D eigenvalue weighted by molar-refractivity contribution is 8.15. The third kappa shape index (κ3) is 7.11. The average Bonchev–Trinajstić information content (AvgIpc) is 3.06. The molecule has 1 heterocycles. The zero-order valence-electron chi connectivity index (χ0n) is 19.5. The SMILES string of the molecule is Cc1ccc(NC(=O)C[C@@H]2S/C(=N\N(/C=C/c3ccc(Cl)cc3)C(C)(C)C)NC2=O)c(C)c1. The predicted molar refractivity (Wildman–Crippen MR) is 138 cm³/mol. The molecule has 0 saturated carbocycles. The average molecular weight is 485 g/mol. The fraction of sp³-hybridized carbons (Fsp3) is 0.320. The highest BCUT2D eigenvalue weighted by Crippen LogP contribution is 2.26. The topological polar surface area (TPSA) is 73.8 Å². The molecule has 1 aliphatic rings. The van der Waals surface area contributed by atoms with Crippen LogP contribution in [0.3, 0.4) is 0 Å². The lowest BCUT2D eigenvalue weighted by Crippen LogP contribution is -2.35. The molecule has 1 atom stereocenters. The molecule has 0 unspecified atom stereocenters. The summed E-state index contributed by atoms with van der Waals surface area (Å²) in [4.78, 5) is 25.0. The first-order valence-corrected chi connectivity index (χ1v) is 11.9. The molecule has 1 fully saturated rings. The maximum absolute atomic E-state index is 12.5. The smallest absolute Gasteiger partial charge is 0.240 e. The van der Waals surface area contributed by atoms with Gasteiger partial charge in [-0.05, 0) is 70.0 Å². The highest BCUT2D eigenvalue weighted by atomic mass is 35.5. The standard InChI is InChI=1S/C25H29ClN4O2S/c1-16-6-11-20(17(2)14-16)27-22(31)15-21-23(32)28-24(33-21)29-30(25(3,4)5)13-12-18-7-9-19(26)10-8-18/h6-14,21H,15H2,1-5H3,(H,27,31)(H,28,29,32)/b13-12+/t21-/m0/s1. The maximum Gasteiger partial charge on any atom is 0.240 e. The minimum absolute atomic E-state index is 0.0684. The molecule has 1 saturated heterocycles. The second-order valence-corrected chi connectivity index (χ2v) is 10.6. The van der Waals surface area contributed by atoms with E-state index in [4.69, 9.17) is 11.6 Å². The Morgan fingerprint density at radius 1 is 1.21 bits per heavy atom. The van der Waals surface area contributed by atoms with Crippen LogP contribution in [0.2, 0.25) is 5.02 Å². The molecule has 0 aliphatic carbocycles. The Bertz CT molecular complexity index is 1090. The molecule has 2 aromatic rings. The number of aryl methyl sites for hydroxylation is 2. The Morgan fingerprint density at radius 3 is 2.55 bits per heavy atom. The van der Waals surface area contributed by atoms with E-state index in [0.717, 1.165) is 22.4 Å². The summed E-state index contributed by atoms with van der Waals surface area (Å²) >= 11 is 7.22. The zero-order valence-corrected chi connectivity index (χ0v) is 21.1. The molecule has 174 valence electrons. The van der Waals surface area contributed by atoms with Gasteiger partial charge in [0, 0.05) is 23.3 Å². The molecular formula is C25H29ClN4O2S. The van der Waals surface area contributed by atoms with E-state index in [-0.39, 0.29) is 23.8 Å². The second-order valence-electron chi connectivity index (χ2n) is 8.95. The molecule has 0 aromatic heterocycles. The van der Waals surface area contributed by atoms with Crippen LogP contribution in [0.5, 0.6) is 0 Å². The molecule has 2 N–H and O–H groups in total. The van der Waals surface area contributed by atoms with Gasteiger partial charge < -0.3 is 10.6 Å². The van der Waals surface area contributed by atoms with Crippen LogP contribution in [0.1, 0.15) is 43.9 Å². The third-order valence-electron chi connectivity index (χ3n) is 4.97. The summed E-state index contributed by atoms with van der Waals surface area (Å²) in [5, 5.41) is 12.8. The summed E-state index contributed by atoms with van der Waals surface area (Å²) in [6.45, 7) is 10.0. The van der Waals surface area contributed by atoms with Gasteiger partial charge in [0.1, 0.15) is 5.25 Å². The van der Waals surface area contributed by atoms with Crippen LogP contribution in [0.25, 0.3) is 6.08 Å². The minimum Gasteiger partial charge on any atom is -0.326 e. The minimum atomic E-state index is -0.531. The van der Waals surface area contributed by atoms with Crippen molar-refractivity contribution in [1.29, 1.82) is 0 Å². The molecule has 8 heteroatoms. The van der Waals surface area contributed by atoms with Gasteiger partial charge in [-0.3, -0.25) is 14.6 Å². The normalized spacial score (nSPS) is 17.5. The lowest BCUT2D eigenvalue weighted by atomic mass is 10.1. The molecule has 6 nitrogen and oxygen atoms in total. The van der Waals surface area contributed by atoms with Gasteiger partial charge in [-0.15, -0.1) is 5.10 Å². The number of nitrogens with zero attached hydrogens (tertiary/aromatic N) is 2. The van der Waals surface area contributed by atoms with E-state index in [1.165, 1.54) is 11.8 Å². The van der Waals surface area contributed by atoms with Crippen molar-refractivity contribution >= 4 is 52.1 Å². The maximum atomic E-state index is 12.5. The van der Waals surface area contributed by atoms with Crippen LogP contribution in [0.15, 0.2) is 53.8 Å². The van der Waals surface area contributed by atoms with Crippen molar-refractivity contribution in [2.45, 2.75) is 51.8 Å². The van der Waals surface area contributed by atoms with Gasteiger partial charge >= 0.3 is 0 Å². The van der Waals surface area contributed by atoms with Crippen molar-refractivity contribution in [3.63, 3.8) is 0 Å². The monoisotopic (exact) mass is 484 g/mol. The molecule has 0 spiro atoms. The first-order valence-electron chi connectivity index (χ1n) is 10.7. The van der Waals surface area contributed by atoms with Crippen molar-refractivity contribution in [1.82, 2.24) is 10.3 Å². The fourth-order valence-electron chi connectivity index (χ4n) is 3.15. The number of rotatable bonds is 6. The van der Waals surface area contributed by atoms with Crippen molar-refractivity contribution in [3.05, 3.63) is 70.4 Å². The first kappa shape index (κ1) is 24.9. The van der Waals surface area contributed by atoms with E-state index >= 15 is 0 Å². The van der Waals surface area contributed by atoms with Gasteiger partial charge in [0.25, 0.3) is 0 Å². The second kappa shape index (κ2) is 10.4. The quantitative estimate of drug-likeness (QED) is 0.526. The van der Waals surface area contributed by atoms with Gasteiger partial charge in [-0.2, -0.15) is 0 Å². The number of carbonyl (C=O) groups is 2. The number of amidine groups is 1. The van der Waals surface area contributed by atoms with Gasteiger partial charge in [0.15, 0.2) is 5.17 Å². The number of hydrogen-bond acceptors (Lipinski definition) is 5. The Balaban J connectivity index is 1.67. The number of anilines is 1. The number of thioether (sulfide) groups is 1. The van der Waals surface area contributed by atoms with Crippen molar-refractivity contribution in [3.8, 4) is 0 Å². The predicted octanol–water partition coefficient (Wildman–Crippen LogP) is 5.56. The number of amides is 2. The van der Waals surface area contributed by atoms with Crippen LogP contribution in [-0.2, 0) is 9.59 Å². The molecule has 3 rings (SSSR count). The summed E-state index contributed by atoms with van der Waals surface area (Å²) in [5.74, 6) is -0.420. The largest absolute Gasteiger partial charge is 0.326 e. The van der Waals surface area contributed by atoms with E-state index in [0.29, 0.717) is 10.2 Å². The Morgan fingerprint density at radius 2 is 1.91 bits per heavy atom. The van der Waals surface area contributed by atoms with Crippen molar-refractivity contribution < 1.29 is 9.59 Å². The van der Waals surface area contributed by atoms with Crippen LogP contribution in [0, 0.1) is 13.8 Å². The summed E-state index contributed by atoms with van der Waals surface area (Å²) in [7, 11) is 0. The highest BCUT2D eigenvalue weighted by Gasteiger charge is 2.33. The zero-order chi connectivity index (χ0) is 24.2. The van der Waals surface area contributed by atoms with Crippen molar-refractivity contribution in [2.75, 3.05) is 5.32 Å². The molecule has 33 heavy (non-hydrogen) atoms. The lowest BCUT2D eigenvalue weighted by Gasteiger charge is -2.30. The van der Waals surface area contributed by atoms with E-state index < -0.39 is 5.25 Å². The van der Waals surface area contributed by atoms with Crippen LogP contribution >= 0.6 is 23.4 Å². The van der Waals surface area contributed by atoms with E-state index in [1.54, 1.807) is 5.01 Å². The van der Waals surface area contributed by atoms with Gasteiger partial charge in [0.2, 0.25) is 11.8 Å². The number of nitrogens with one attached hydrogen (secondary N) is 2. The number of hydrazone groups is 1. The van der Waals surface area contributed by atoms with Crippen molar-refractivity contribution in [2.24, 2.45) is 5.10 Å². The van der Waals surface area contributed by atoms with E-state index in [9.17, 15) is 9.59 Å². The molecule has 0 bridgehead atoms. The molecule has 2 amide bonds. The lowest BCUT2D eigenvalue weighted by molar-refractivity contribution is -0.122. The third-order valence-corrected chi connectivity index (χ3v) is 6.29. The van der Waals surface area contributed by atoms with Gasteiger partial charge in [0.05, 0.1) is 5.54 Å². The summed E-state index contributed by atoms with van der Waals surface area (Å²) < 4.78 is 0. The van der Waals surface area contributed by atoms with Crippen LogP contribution in [-0.4, -0.2) is 32.8 Å². The number of benzene rings is 2. The molecule has 2 aromatic carbocycles. The van der Waals surface area contributed by atoms with Gasteiger partial charge in [-0.25, -0.2) is 0 Å². The number of halogens is 1.